The maximum absolute atomic E-state index is 10.2. The molecule has 1 aromatic carbocycles. The van der Waals surface area contributed by atoms with Crippen LogP contribution in [0.5, 0.6) is 5.75 Å². The topological polar surface area (TPSA) is 138 Å². The van der Waals surface area contributed by atoms with E-state index in [-0.39, 0.29) is 11.5 Å². The number of ether oxygens (including phenoxy) is 2. The van der Waals surface area contributed by atoms with E-state index in [9.17, 15) is 15.3 Å². The number of likely N-dealkylation sites (tertiary alicyclic amines) is 1. The number of hydrogen-bond acceptors (Lipinski definition) is 9. The van der Waals surface area contributed by atoms with Crippen LogP contribution in [0.25, 0.3) is 0 Å². The summed E-state index contributed by atoms with van der Waals surface area (Å²) in [5.41, 5.74) is 9.65. The number of fused-ring (bicyclic) bond motifs is 5. The lowest BCUT2D eigenvalue weighted by molar-refractivity contribution is -0.121. The second kappa shape index (κ2) is 12.0. The Bertz CT molecular complexity index is 1090. The number of aromatic hydroxyl groups is 1. The molecular weight excluding hydrogens is 520 g/mol. The highest BCUT2D eigenvalue weighted by Gasteiger charge is 2.55. The number of aliphatic hydroxyl groups is 2. The lowest BCUT2D eigenvalue weighted by Crippen LogP contribution is -2.49. The first-order valence-electron chi connectivity index (χ1n) is 15.9. The van der Waals surface area contributed by atoms with E-state index in [0.29, 0.717) is 36.5 Å². The molecule has 8 atom stereocenters. The Labute approximate surface area is 244 Å². The van der Waals surface area contributed by atoms with Crippen molar-refractivity contribution < 1.29 is 24.8 Å². The van der Waals surface area contributed by atoms with Gasteiger partial charge in [-0.15, -0.1) is 0 Å². The molecule has 4 fully saturated rings. The minimum Gasteiger partial charge on any atom is -0.508 e. The molecule has 0 bridgehead atoms. The standard InChI is InChI=1S/C32H50N4O5/c1-32-12-8-24-23-5-3-22(37)18-20(23)2-4-25(24)26(32)6-7-29(32)40-17-15-35-13-9-21(10-14-35)36(34)19-27(33)31-30(39)28(38)11-16-41-31/h3,5,18-19,21,24-26,28-31,37-39H,2,4,6-17,33-34H2,1H3/b27-19-. The van der Waals surface area contributed by atoms with Crippen LogP contribution in [0.1, 0.15) is 75.3 Å². The van der Waals surface area contributed by atoms with Crippen LogP contribution >= 0.6 is 0 Å². The minimum absolute atomic E-state index is 0.172. The maximum atomic E-state index is 10.2. The van der Waals surface area contributed by atoms with Crippen molar-refractivity contribution in [3.05, 3.63) is 41.2 Å². The van der Waals surface area contributed by atoms with E-state index in [0.717, 1.165) is 57.3 Å². The van der Waals surface area contributed by atoms with Crippen molar-refractivity contribution >= 4 is 0 Å². The van der Waals surface area contributed by atoms with Gasteiger partial charge in [0.2, 0.25) is 0 Å². The number of aliphatic hydroxyl groups excluding tert-OH is 2. The van der Waals surface area contributed by atoms with Crippen LogP contribution in [0, 0.1) is 17.3 Å². The van der Waals surface area contributed by atoms with Crippen molar-refractivity contribution in [1.82, 2.24) is 9.91 Å². The van der Waals surface area contributed by atoms with Crippen LogP contribution in [0.15, 0.2) is 30.1 Å². The highest BCUT2D eigenvalue weighted by Crippen LogP contribution is 2.61. The van der Waals surface area contributed by atoms with Crippen molar-refractivity contribution in [2.24, 2.45) is 28.8 Å². The highest BCUT2D eigenvalue weighted by atomic mass is 16.5. The first-order valence-corrected chi connectivity index (χ1v) is 15.9. The highest BCUT2D eigenvalue weighted by molar-refractivity contribution is 5.40. The van der Waals surface area contributed by atoms with Crippen molar-refractivity contribution in [1.29, 1.82) is 0 Å². The van der Waals surface area contributed by atoms with Gasteiger partial charge < -0.3 is 40.4 Å². The molecule has 0 radical (unpaired) electrons. The Balaban J connectivity index is 0.960. The monoisotopic (exact) mass is 570 g/mol. The zero-order chi connectivity index (χ0) is 28.7. The molecule has 2 heterocycles. The second-order valence-corrected chi connectivity index (χ2v) is 13.6. The number of piperidine rings is 1. The van der Waals surface area contributed by atoms with E-state index in [1.54, 1.807) is 11.2 Å². The lowest BCUT2D eigenvalue weighted by atomic mass is 9.55. The van der Waals surface area contributed by atoms with Gasteiger partial charge in [0, 0.05) is 31.9 Å². The van der Waals surface area contributed by atoms with E-state index in [2.05, 4.69) is 17.9 Å². The lowest BCUT2D eigenvalue weighted by Gasteiger charge is -2.50. The number of rotatable bonds is 7. The van der Waals surface area contributed by atoms with Gasteiger partial charge in [-0.2, -0.15) is 0 Å². The van der Waals surface area contributed by atoms with Gasteiger partial charge in [-0.1, -0.05) is 13.0 Å². The van der Waals surface area contributed by atoms with Gasteiger partial charge in [0.05, 0.1) is 31.1 Å². The Morgan fingerprint density at radius 1 is 1.15 bits per heavy atom. The normalized spacial score (nSPS) is 38.2. The molecule has 6 rings (SSSR count). The molecule has 2 saturated carbocycles. The van der Waals surface area contributed by atoms with Crippen molar-refractivity contribution in [3.63, 3.8) is 0 Å². The zero-order valence-corrected chi connectivity index (χ0v) is 24.5. The van der Waals surface area contributed by atoms with Crippen LogP contribution < -0.4 is 11.6 Å². The molecule has 0 aromatic heterocycles. The number of hydrogen-bond donors (Lipinski definition) is 5. The molecule has 0 amide bonds. The van der Waals surface area contributed by atoms with Crippen molar-refractivity contribution in [3.8, 4) is 5.75 Å². The summed E-state index contributed by atoms with van der Waals surface area (Å²) in [7, 11) is 0. The summed E-state index contributed by atoms with van der Waals surface area (Å²) < 4.78 is 12.2. The van der Waals surface area contributed by atoms with Crippen molar-refractivity contribution in [2.75, 3.05) is 32.8 Å². The Morgan fingerprint density at radius 3 is 2.76 bits per heavy atom. The van der Waals surface area contributed by atoms with Crippen LogP contribution in [0.3, 0.4) is 0 Å². The van der Waals surface area contributed by atoms with Crippen molar-refractivity contribution in [2.45, 2.75) is 101 Å². The predicted octanol–water partition coefficient (Wildman–Crippen LogP) is 2.58. The van der Waals surface area contributed by atoms with Gasteiger partial charge in [-0.05, 0) is 104 Å². The van der Waals surface area contributed by atoms with E-state index in [4.69, 9.17) is 21.1 Å². The fraction of sp³-hybridized carbons (Fsp3) is 0.750. The van der Waals surface area contributed by atoms with E-state index in [1.807, 2.05) is 12.1 Å². The number of nitrogens with two attached hydrogens (primary N) is 2. The number of aryl methyl sites for hydroxylation is 1. The molecule has 2 aliphatic heterocycles. The average molecular weight is 571 g/mol. The minimum atomic E-state index is -1.03. The molecule has 9 nitrogen and oxygen atoms in total. The number of nitrogens with zero attached hydrogens (tertiary/aromatic N) is 2. The molecule has 9 heteroatoms. The largest absolute Gasteiger partial charge is 0.508 e. The summed E-state index contributed by atoms with van der Waals surface area (Å²) in [5.74, 6) is 8.84. The number of benzene rings is 1. The summed E-state index contributed by atoms with van der Waals surface area (Å²) in [5, 5.41) is 31.8. The molecular formula is C32H50N4O5. The SMILES string of the molecule is CC12CCC3c4ccc(O)cc4CCC3C1CCC2OCCN1CCC(N(N)/C=C(\N)C2OCCC(O)C2O)CC1. The fourth-order valence-electron chi connectivity index (χ4n) is 8.99. The van der Waals surface area contributed by atoms with Gasteiger partial charge >= 0.3 is 0 Å². The molecule has 0 spiro atoms. The van der Waals surface area contributed by atoms with Crippen LogP contribution in [0.4, 0.5) is 0 Å². The third kappa shape index (κ3) is 5.74. The third-order valence-electron chi connectivity index (χ3n) is 11.4. The molecule has 3 aliphatic carbocycles. The first-order chi connectivity index (χ1) is 19.7. The summed E-state index contributed by atoms with van der Waals surface area (Å²) in [4.78, 5) is 2.47. The van der Waals surface area contributed by atoms with E-state index >= 15 is 0 Å². The van der Waals surface area contributed by atoms with E-state index < -0.39 is 18.3 Å². The second-order valence-electron chi connectivity index (χ2n) is 13.6. The maximum Gasteiger partial charge on any atom is 0.126 e. The van der Waals surface area contributed by atoms with E-state index in [1.165, 1.54) is 43.2 Å². The fourth-order valence-corrected chi connectivity index (χ4v) is 8.99. The van der Waals surface area contributed by atoms with Gasteiger partial charge in [-0.3, -0.25) is 0 Å². The molecule has 228 valence electrons. The molecule has 8 unspecified atom stereocenters. The number of hydrazine groups is 1. The van der Waals surface area contributed by atoms with Gasteiger partial charge in [0.25, 0.3) is 0 Å². The molecule has 41 heavy (non-hydrogen) atoms. The Kier molecular flexibility index (Phi) is 8.56. The van der Waals surface area contributed by atoms with Crippen LogP contribution in [0.2, 0.25) is 0 Å². The van der Waals surface area contributed by atoms with Crippen LogP contribution in [-0.4, -0.2) is 88.5 Å². The summed E-state index contributed by atoms with van der Waals surface area (Å²) >= 11 is 0. The summed E-state index contributed by atoms with van der Waals surface area (Å²) in [6, 6.07) is 6.22. The summed E-state index contributed by atoms with van der Waals surface area (Å²) in [6.45, 7) is 6.49. The quantitative estimate of drug-likeness (QED) is 0.247. The molecule has 5 aliphatic rings. The predicted molar refractivity (Wildman–Crippen MR) is 157 cm³/mol. The molecule has 2 saturated heterocycles. The third-order valence-corrected chi connectivity index (χ3v) is 11.4. The number of phenolic OH excluding ortho intramolecular Hbond substituents is 1. The van der Waals surface area contributed by atoms with Crippen LogP contribution in [-0.2, 0) is 15.9 Å². The van der Waals surface area contributed by atoms with Gasteiger partial charge in [-0.25, -0.2) is 5.84 Å². The zero-order valence-electron chi connectivity index (χ0n) is 24.5. The smallest absolute Gasteiger partial charge is 0.126 e. The van der Waals surface area contributed by atoms with Gasteiger partial charge in [0.1, 0.15) is 18.0 Å². The van der Waals surface area contributed by atoms with Gasteiger partial charge in [0.15, 0.2) is 0 Å². The first kappa shape index (κ1) is 29.2. The Hall–Kier alpha value is -1.88. The summed E-state index contributed by atoms with van der Waals surface area (Å²) in [6.07, 6.45) is 8.90. The number of phenols is 1. The molecule has 1 aromatic rings. The molecule has 7 N–H and O–H groups in total. The average Bonchev–Trinajstić information content (AvgIpc) is 3.30. The Morgan fingerprint density at radius 2 is 1.95 bits per heavy atom.